The molecule has 0 amide bonds. The number of anilines is 1. The molecule has 0 unspecified atom stereocenters. The first-order valence-electron chi connectivity index (χ1n) is 4.47. The van der Waals surface area contributed by atoms with Crippen molar-refractivity contribution in [2.45, 2.75) is 12.8 Å². The van der Waals surface area contributed by atoms with Crippen molar-refractivity contribution in [1.29, 1.82) is 0 Å². The Hall–Kier alpha value is -0.580. The highest BCUT2D eigenvalue weighted by molar-refractivity contribution is 6.33. The second-order valence-electron chi connectivity index (χ2n) is 3.11. The predicted octanol–water partition coefficient (Wildman–Crippen LogP) is 1.89. The van der Waals surface area contributed by atoms with E-state index in [0.717, 1.165) is 25.2 Å². The average molecular weight is 233 g/mol. The lowest BCUT2D eigenvalue weighted by atomic mass is 10.2. The fourth-order valence-electron chi connectivity index (χ4n) is 1.43. The van der Waals surface area contributed by atoms with Crippen molar-refractivity contribution in [2.24, 2.45) is 0 Å². The van der Waals surface area contributed by atoms with Gasteiger partial charge in [-0.1, -0.05) is 23.2 Å². The predicted molar refractivity (Wildman–Crippen MR) is 56.6 cm³/mol. The zero-order valence-electron chi connectivity index (χ0n) is 7.50. The van der Waals surface area contributed by atoms with E-state index in [1.807, 2.05) is 5.01 Å². The van der Waals surface area contributed by atoms with E-state index in [1.54, 1.807) is 6.07 Å². The van der Waals surface area contributed by atoms with E-state index in [0.29, 0.717) is 10.3 Å². The molecule has 1 aliphatic heterocycles. The smallest absolute Gasteiger partial charge is 0.176 e. The van der Waals surface area contributed by atoms with Gasteiger partial charge in [0.2, 0.25) is 0 Å². The molecule has 2 rings (SSSR count). The molecule has 6 heteroatoms. The van der Waals surface area contributed by atoms with Gasteiger partial charge in [0.25, 0.3) is 0 Å². The standard InChI is InChI=1S/C8H10Cl2N4/c9-7-5-6(8(10)13-12-7)14-4-2-1-3-11-14/h5,11H,1-4H2. The van der Waals surface area contributed by atoms with Crippen LogP contribution in [0.3, 0.4) is 0 Å². The van der Waals surface area contributed by atoms with Crippen LogP contribution in [0.15, 0.2) is 6.07 Å². The van der Waals surface area contributed by atoms with E-state index >= 15 is 0 Å². The lowest BCUT2D eigenvalue weighted by Gasteiger charge is -2.29. The van der Waals surface area contributed by atoms with Crippen molar-refractivity contribution in [3.8, 4) is 0 Å². The molecule has 0 atom stereocenters. The SMILES string of the molecule is Clc1cc(N2CCCCN2)c(Cl)nn1. The molecule has 0 radical (unpaired) electrons. The molecule has 1 aromatic heterocycles. The number of nitrogens with one attached hydrogen (secondary N) is 1. The number of hydrazine groups is 1. The van der Waals surface area contributed by atoms with Crippen molar-refractivity contribution in [2.75, 3.05) is 18.1 Å². The quantitative estimate of drug-likeness (QED) is 0.804. The van der Waals surface area contributed by atoms with E-state index in [1.165, 1.54) is 6.42 Å². The molecule has 1 fully saturated rings. The fraction of sp³-hybridized carbons (Fsp3) is 0.500. The molecule has 1 aromatic rings. The lowest BCUT2D eigenvalue weighted by molar-refractivity contribution is 0.511. The monoisotopic (exact) mass is 232 g/mol. The van der Waals surface area contributed by atoms with Crippen molar-refractivity contribution >= 4 is 28.9 Å². The summed E-state index contributed by atoms with van der Waals surface area (Å²) >= 11 is 11.7. The number of nitrogens with zero attached hydrogens (tertiary/aromatic N) is 3. The molecule has 2 heterocycles. The maximum absolute atomic E-state index is 5.92. The van der Waals surface area contributed by atoms with Crippen LogP contribution < -0.4 is 10.4 Å². The maximum atomic E-state index is 5.92. The summed E-state index contributed by atoms with van der Waals surface area (Å²) in [6.07, 6.45) is 2.32. The summed E-state index contributed by atoms with van der Waals surface area (Å²) in [5.74, 6) is 0. The average Bonchev–Trinajstić information content (AvgIpc) is 2.23. The Labute approximate surface area is 92.2 Å². The maximum Gasteiger partial charge on any atom is 0.176 e. The topological polar surface area (TPSA) is 41.0 Å². The van der Waals surface area contributed by atoms with Crippen LogP contribution in [-0.4, -0.2) is 23.3 Å². The van der Waals surface area contributed by atoms with Crippen LogP contribution in [-0.2, 0) is 0 Å². The summed E-state index contributed by atoms with van der Waals surface area (Å²) in [5.41, 5.74) is 4.02. The third-order valence-corrected chi connectivity index (χ3v) is 2.56. The van der Waals surface area contributed by atoms with E-state index < -0.39 is 0 Å². The van der Waals surface area contributed by atoms with Crippen molar-refractivity contribution in [3.05, 3.63) is 16.4 Å². The summed E-state index contributed by atoms with van der Waals surface area (Å²) < 4.78 is 0. The summed E-state index contributed by atoms with van der Waals surface area (Å²) in [6.45, 7) is 1.87. The highest BCUT2D eigenvalue weighted by atomic mass is 35.5. The molecular formula is C8H10Cl2N4. The molecule has 1 saturated heterocycles. The number of hydrogen-bond acceptors (Lipinski definition) is 4. The first-order valence-corrected chi connectivity index (χ1v) is 5.23. The summed E-state index contributed by atoms with van der Waals surface area (Å²) in [7, 11) is 0. The zero-order chi connectivity index (χ0) is 9.97. The molecule has 0 bridgehead atoms. The lowest BCUT2D eigenvalue weighted by Crippen LogP contribution is -2.43. The Kier molecular flexibility index (Phi) is 3.05. The minimum atomic E-state index is 0.358. The van der Waals surface area contributed by atoms with Gasteiger partial charge in [-0.15, -0.1) is 10.2 Å². The van der Waals surface area contributed by atoms with Gasteiger partial charge in [-0.25, -0.2) is 5.43 Å². The summed E-state index contributed by atoms with van der Waals surface area (Å²) in [5, 5.41) is 10.1. The first-order chi connectivity index (χ1) is 6.77. The molecule has 76 valence electrons. The highest BCUT2D eigenvalue weighted by Crippen LogP contribution is 2.25. The summed E-state index contributed by atoms with van der Waals surface area (Å²) in [6, 6.07) is 1.72. The number of halogens is 2. The van der Waals surface area contributed by atoms with Crippen molar-refractivity contribution in [1.82, 2.24) is 15.6 Å². The second-order valence-corrected chi connectivity index (χ2v) is 3.86. The van der Waals surface area contributed by atoms with Gasteiger partial charge >= 0.3 is 0 Å². The van der Waals surface area contributed by atoms with Crippen LogP contribution >= 0.6 is 23.2 Å². The van der Waals surface area contributed by atoms with Crippen LogP contribution in [0, 0.1) is 0 Å². The minimum absolute atomic E-state index is 0.358. The first kappa shape index (κ1) is 9.96. The summed E-state index contributed by atoms with van der Waals surface area (Å²) in [4.78, 5) is 0. The number of rotatable bonds is 1. The Morgan fingerprint density at radius 1 is 1.29 bits per heavy atom. The molecule has 4 nitrogen and oxygen atoms in total. The van der Waals surface area contributed by atoms with Gasteiger partial charge in [0, 0.05) is 19.2 Å². The van der Waals surface area contributed by atoms with E-state index in [2.05, 4.69) is 15.6 Å². The van der Waals surface area contributed by atoms with Gasteiger partial charge in [0.1, 0.15) is 0 Å². The van der Waals surface area contributed by atoms with Crippen LogP contribution in [0.5, 0.6) is 0 Å². The molecule has 0 aromatic carbocycles. The van der Waals surface area contributed by atoms with Crippen molar-refractivity contribution in [3.63, 3.8) is 0 Å². The molecule has 1 aliphatic rings. The molecular weight excluding hydrogens is 223 g/mol. The zero-order valence-corrected chi connectivity index (χ0v) is 9.02. The van der Waals surface area contributed by atoms with Crippen LogP contribution in [0.25, 0.3) is 0 Å². The Bertz CT molecular complexity index is 325. The molecule has 0 saturated carbocycles. The number of hydrogen-bond donors (Lipinski definition) is 1. The largest absolute Gasteiger partial charge is 0.305 e. The fourth-order valence-corrected chi connectivity index (χ4v) is 1.76. The third kappa shape index (κ3) is 2.08. The van der Waals surface area contributed by atoms with E-state index in [4.69, 9.17) is 23.2 Å². The van der Waals surface area contributed by atoms with Crippen LogP contribution in [0.1, 0.15) is 12.8 Å². The van der Waals surface area contributed by atoms with Gasteiger partial charge in [0.15, 0.2) is 10.3 Å². The van der Waals surface area contributed by atoms with Gasteiger partial charge in [-0.3, -0.25) is 0 Å². The Morgan fingerprint density at radius 3 is 2.86 bits per heavy atom. The molecule has 0 spiro atoms. The molecule has 1 N–H and O–H groups in total. The van der Waals surface area contributed by atoms with Gasteiger partial charge in [-0.05, 0) is 12.8 Å². The second kappa shape index (κ2) is 4.29. The van der Waals surface area contributed by atoms with E-state index in [-0.39, 0.29) is 0 Å². The molecule has 14 heavy (non-hydrogen) atoms. The molecule has 0 aliphatic carbocycles. The van der Waals surface area contributed by atoms with E-state index in [9.17, 15) is 0 Å². The Morgan fingerprint density at radius 2 is 2.14 bits per heavy atom. The highest BCUT2D eigenvalue weighted by Gasteiger charge is 2.15. The number of aromatic nitrogens is 2. The van der Waals surface area contributed by atoms with Gasteiger partial charge in [0.05, 0.1) is 5.69 Å². The van der Waals surface area contributed by atoms with Crippen LogP contribution in [0.2, 0.25) is 10.3 Å². The van der Waals surface area contributed by atoms with Crippen molar-refractivity contribution < 1.29 is 0 Å². The minimum Gasteiger partial charge on any atom is -0.305 e. The normalized spacial score (nSPS) is 17.1. The Balaban J connectivity index is 2.24. The van der Waals surface area contributed by atoms with Gasteiger partial charge < -0.3 is 5.01 Å². The van der Waals surface area contributed by atoms with Gasteiger partial charge in [-0.2, -0.15) is 0 Å². The third-order valence-electron chi connectivity index (χ3n) is 2.10. The van der Waals surface area contributed by atoms with Crippen LogP contribution in [0.4, 0.5) is 5.69 Å².